The predicted octanol–water partition coefficient (Wildman–Crippen LogP) is 2.96. The van der Waals surface area contributed by atoms with Crippen LogP contribution in [0.5, 0.6) is 0 Å². The summed E-state index contributed by atoms with van der Waals surface area (Å²) in [5, 5.41) is 0. The first-order chi connectivity index (χ1) is 8.16. The van der Waals surface area contributed by atoms with Crippen LogP contribution in [0, 0.1) is 17.8 Å². The van der Waals surface area contributed by atoms with Crippen molar-refractivity contribution in [3.8, 4) is 0 Å². The standard InChI is InChI=1S/C14H25NOS/c1-3-15(4-2)17(16)14-8-11-5-12(9-14)7-13(6-11)10-14/h11-13H,3-10H2,1-2H3/t11?,12?,13?,14?,17-/m1/s1. The van der Waals surface area contributed by atoms with Crippen LogP contribution in [0.1, 0.15) is 52.4 Å². The van der Waals surface area contributed by atoms with Crippen LogP contribution in [0.15, 0.2) is 0 Å². The third-order valence-electron chi connectivity index (χ3n) is 5.29. The third kappa shape index (κ3) is 1.90. The molecule has 98 valence electrons. The van der Waals surface area contributed by atoms with Crippen LogP contribution in [0.3, 0.4) is 0 Å². The van der Waals surface area contributed by atoms with Crippen molar-refractivity contribution in [2.45, 2.75) is 57.1 Å². The van der Waals surface area contributed by atoms with Crippen LogP contribution < -0.4 is 0 Å². The average Bonchev–Trinajstić information content (AvgIpc) is 2.28. The fourth-order valence-corrected chi connectivity index (χ4v) is 7.13. The molecule has 4 bridgehead atoms. The summed E-state index contributed by atoms with van der Waals surface area (Å²) in [4.78, 5) is 0. The fourth-order valence-electron chi connectivity index (χ4n) is 4.98. The van der Waals surface area contributed by atoms with E-state index in [1.807, 2.05) is 0 Å². The van der Waals surface area contributed by atoms with Crippen LogP contribution in [-0.2, 0) is 11.0 Å². The third-order valence-corrected chi connectivity index (χ3v) is 7.52. The van der Waals surface area contributed by atoms with Gasteiger partial charge in [0.2, 0.25) is 0 Å². The minimum atomic E-state index is -0.729. The Balaban J connectivity index is 1.84. The number of nitrogens with zero attached hydrogens (tertiary/aromatic N) is 1. The molecule has 4 saturated carbocycles. The summed E-state index contributed by atoms with van der Waals surface area (Å²) in [5.74, 6) is 2.71. The van der Waals surface area contributed by atoms with Gasteiger partial charge in [-0.3, -0.25) is 0 Å². The van der Waals surface area contributed by atoms with Crippen molar-refractivity contribution in [2.75, 3.05) is 13.1 Å². The number of hydrogen-bond acceptors (Lipinski definition) is 1. The van der Waals surface area contributed by atoms with Crippen molar-refractivity contribution in [1.82, 2.24) is 4.31 Å². The lowest BCUT2D eigenvalue weighted by Crippen LogP contribution is -2.56. The van der Waals surface area contributed by atoms with Crippen molar-refractivity contribution < 1.29 is 4.21 Å². The van der Waals surface area contributed by atoms with Gasteiger partial charge in [0.05, 0.1) is 4.75 Å². The lowest BCUT2D eigenvalue weighted by Gasteiger charge is -2.56. The van der Waals surface area contributed by atoms with E-state index in [0.29, 0.717) is 0 Å². The summed E-state index contributed by atoms with van der Waals surface area (Å²) in [5.41, 5.74) is 0. The summed E-state index contributed by atoms with van der Waals surface area (Å²) in [6.07, 6.45) is 8.07. The lowest BCUT2D eigenvalue weighted by atomic mass is 9.56. The Morgan fingerprint density at radius 2 is 1.41 bits per heavy atom. The molecule has 1 atom stereocenters. The number of hydrogen-bond donors (Lipinski definition) is 0. The van der Waals surface area contributed by atoms with Crippen LogP contribution >= 0.6 is 0 Å². The summed E-state index contributed by atoms with van der Waals surface area (Å²) in [7, 11) is -0.729. The average molecular weight is 255 g/mol. The summed E-state index contributed by atoms with van der Waals surface area (Å²) in [6.45, 7) is 6.15. The Hall–Kier alpha value is 0.110. The van der Waals surface area contributed by atoms with E-state index in [1.165, 1.54) is 38.5 Å². The van der Waals surface area contributed by atoms with Crippen LogP contribution in [0.4, 0.5) is 0 Å². The Morgan fingerprint density at radius 3 is 1.76 bits per heavy atom. The predicted molar refractivity (Wildman–Crippen MR) is 72.0 cm³/mol. The zero-order valence-corrected chi connectivity index (χ0v) is 12.0. The maximum Gasteiger partial charge on any atom is 0.101 e. The SMILES string of the molecule is CCN(CC)[S@](=O)C12CC3CC(CC(C3)C1)C2. The van der Waals surface area contributed by atoms with Gasteiger partial charge in [-0.2, -0.15) is 0 Å². The van der Waals surface area contributed by atoms with Gasteiger partial charge in [0.1, 0.15) is 11.0 Å². The first-order valence-electron chi connectivity index (χ1n) is 7.33. The molecule has 0 aliphatic heterocycles. The van der Waals surface area contributed by atoms with Crippen molar-refractivity contribution >= 4 is 11.0 Å². The molecule has 0 spiro atoms. The summed E-state index contributed by atoms with van der Waals surface area (Å²) >= 11 is 0. The van der Waals surface area contributed by atoms with E-state index in [2.05, 4.69) is 18.2 Å². The first kappa shape index (κ1) is 12.2. The molecule has 4 rings (SSSR count). The molecule has 3 heteroatoms. The fraction of sp³-hybridized carbons (Fsp3) is 1.00. The van der Waals surface area contributed by atoms with Crippen LogP contribution in [-0.4, -0.2) is 26.4 Å². The zero-order chi connectivity index (χ0) is 12.0. The molecule has 0 heterocycles. The monoisotopic (exact) mass is 255 g/mol. The zero-order valence-electron chi connectivity index (χ0n) is 11.2. The maximum absolute atomic E-state index is 12.9. The van der Waals surface area contributed by atoms with E-state index >= 15 is 0 Å². The van der Waals surface area contributed by atoms with Gasteiger partial charge in [-0.05, 0) is 56.3 Å². The molecule has 4 fully saturated rings. The quantitative estimate of drug-likeness (QED) is 0.756. The molecule has 0 aromatic heterocycles. The van der Waals surface area contributed by atoms with Gasteiger partial charge in [0.15, 0.2) is 0 Å². The minimum absolute atomic E-state index is 0.181. The Labute approximate surface area is 108 Å². The van der Waals surface area contributed by atoms with E-state index in [-0.39, 0.29) is 4.75 Å². The highest BCUT2D eigenvalue weighted by Crippen LogP contribution is 2.58. The van der Waals surface area contributed by atoms with Crippen molar-refractivity contribution in [3.63, 3.8) is 0 Å². The van der Waals surface area contributed by atoms with Gasteiger partial charge in [0.25, 0.3) is 0 Å². The molecule has 0 N–H and O–H groups in total. The molecule has 0 amide bonds. The van der Waals surface area contributed by atoms with E-state index in [4.69, 9.17) is 0 Å². The van der Waals surface area contributed by atoms with Gasteiger partial charge < -0.3 is 0 Å². The Morgan fingerprint density at radius 1 is 1.00 bits per heavy atom. The normalized spacial score (nSPS) is 45.5. The molecule has 17 heavy (non-hydrogen) atoms. The highest BCUT2D eigenvalue weighted by atomic mass is 32.2. The molecular formula is C14H25NOS. The van der Waals surface area contributed by atoms with Crippen molar-refractivity contribution in [3.05, 3.63) is 0 Å². The highest BCUT2D eigenvalue weighted by molar-refractivity contribution is 7.84. The van der Waals surface area contributed by atoms with Crippen molar-refractivity contribution in [2.24, 2.45) is 17.8 Å². The first-order valence-corrected chi connectivity index (χ1v) is 8.44. The topological polar surface area (TPSA) is 20.3 Å². The lowest BCUT2D eigenvalue weighted by molar-refractivity contribution is 0.0341. The maximum atomic E-state index is 12.9. The molecule has 0 radical (unpaired) electrons. The van der Waals surface area contributed by atoms with Gasteiger partial charge in [-0.25, -0.2) is 8.51 Å². The molecule has 2 nitrogen and oxygen atoms in total. The van der Waals surface area contributed by atoms with Gasteiger partial charge in [-0.15, -0.1) is 0 Å². The molecule has 4 aliphatic carbocycles. The van der Waals surface area contributed by atoms with Crippen molar-refractivity contribution in [1.29, 1.82) is 0 Å². The van der Waals surface area contributed by atoms with E-state index in [1.54, 1.807) is 0 Å². The van der Waals surface area contributed by atoms with Crippen LogP contribution in [0.25, 0.3) is 0 Å². The molecule has 0 aromatic carbocycles. The highest BCUT2D eigenvalue weighted by Gasteiger charge is 2.54. The molecular weight excluding hydrogens is 230 g/mol. The molecule has 0 saturated heterocycles. The van der Waals surface area contributed by atoms with Crippen LogP contribution in [0.2, 0.25) is 0 Å². The van der Waals surface area contributed by atoms with Gasteiger partial charge >= 0.3 is 0 Å². The summed E-state index contributed by atoms with van der Waals surface area (Å²) < 4.78 is 15.3. The second-order valence-electron chi connectivity index (χ2n) is 6.46. The second-order valence-corrected chi connectivity index (χ2v) is 8.34. The minimum Gasteiger partial charge on any atom is -0.242 e. The Kier molecular flexibility index (Phi) is 3.10. The number of rotatable bonds is 4. The Bertz CT molecular complexity index is 289. The van der Waals surface area contributed by atoms with Gasteiger partial charge in [-0.1, -0.05) is 13.8 Å². The molecule has 4 aliphatic rings. The van der Waals surface area contributed by atoms with E-state index in [9.17, 15) is 4.21 Å². The molecule has 0 aromatic rings. The van der Waals surface area contributed by atoms with Gasteiger partial charge in [0, 0.05) is 13.1 Å². The second kappa shape index (κ2) is 4.34. The largest absolute Gasteiger partial charge is 0.242 e. The summed E-state index contributed by atoms with van der Waals surface area (Å²) in [6, 6.07) is 0. The molecule has 0 unspecified atom stereocenters. The van der Waals surface area contributed by atoms with E-state index in [0.717, 1.165) is 30.8 Å². The van der Waals surface area contributed by atoms with E-state index < -0.39 is 11.0 Å². The smallest absolute Gasteiger partial charge is 0.101 e.